The third-order valence-corrected chi connectivity index (χ3v) is 4.78. The van der Waals surface area contributed by atoms with Crippen LogP contribution in [0.2, 0.25) is 0 Å². The van der Waals surface area contributed by atoms with Gasteiger partial charge < -0.3 is 15.6 Å². The van der Waals surface area contributed by atoms with Crippen LogP contribution in [0.4, 0.5) is 10.1 Å². The Morgan fingerprint density at radius 3 is 2.62 bits per heavy atom. The lowest BCUT2D eigenvalue weighted by atomic mass is 10.1. The number of para-hydroxylation sites is 1. The molecule has 5 N–H and O–H groups in total. The summed E-state index contributed by atoms with van der Waals surface area (Å²) in [4.78, 5) is 8.48. The zero-order valence-electron chi connectivity index (χ0n) is 17.4. The second-order valence-electron chi connectivity index (χ2n) is 6.97. The summed E-state index contributed by atoms with van der Waals surface area (Å²) in [5.74, 6) is 6.27. The number of anilines is 1. The monoisotopic (exact) mass is 431 g/mol. The Morgan fingerprint density at radius 1 is 1.09 bits per heavy atom. The average Bonchev–Trinajstić information content (AvgIpc) is 3.31. The van der Waals surface area contributed by atoms with Gasteiger partial charge in [-0.15, -0.1) is 0 Å². The molecule has 0 unspecified atom stereocenters. The van der Waals surface area contributed by atoms with Crippen molar-refractivity contribution in [2.24, 2.45) is 11.6 Å². The molecular formula is C23H22FN7O. The fourth-order valence-corrected chi connectivity index (χ4v) is 3.28. The third kappa shape index (κ3) is 4.34. The molecule has 0 saturated heterocycles. The molecule has 0 spiro atoms. The topological polar surface area (TPSA) is 119 Å². The number of benzene rings is 2. The van der Waals surface area contributed by atoms with Gasteiger partial charge >= 0.3 is 0 Å². The molecule has 0 bridgehead atoms. The maximum absolute atomic E-state index is 14.5. The van der Waals surface area contributed by atoms with Crippen molar-refractivity contribution in [2.75, 3.05) is 12.1 Å². The molecule has 0 atom stereocenters. The lowest BCUT2D eigenvalue weighted by molar-refractivity contribution is 0.408. The largest absolute Gasteiger partial charge is 0.392 e. The molecule has 9 heteroatoms. The van der Waals surface area contributed by atoms with Crippen LogP contribution in [0, 0.1) is 5.82 Å². The zero-order chi connectivity index (χ0) is 22.5. The van der Waals surface area contributed by atoms with Crippen molar-refractivity contribution in [1.82, 2.24) is 20.4 Å². The van der Waals surface area contributed by atoms with E-state index < -0.39 is 5.82 Å². The fraction of sp³-hybridized carbons (Fsp3) is 0.0870. The minimum atomic E-state index is -0.498. The number of nitrogens with one attached hydrogen (secondary N) is 1. The van der Waals surface area contributed by atoms with Gasteiger partial charge in [-0.1, -0.05) is 35.5 Å². The highest BCUT2D eigenvalue weighted by molar-refractivity contribution is 5.93. The van der Waals surface area contributed by atoms with Gasteiger partial charge in [0.15, 0.2) is 0 Å². The summed E-state index contributed by atoms with van der Waals surface area (Å²) in [5, 5.41) is 8.34. The predicted octanol–water partition coefficient (Wildman–Crippen LogP) is 3.15. The minimum Gasteiger partial charge on any atom is -0.392 e. The van der Waals surface area contributed by atoms with E-state index in [-0.39, 0.29) is 17.3 Å². The molecule has 0 aliphatic rings. The molecule has 0 aliphatic heterocycles. The first kappa shape index (κ1) is 21.2. The highest BCUT2D eigenvalue weighted by Crippen LogP contribution is 2.30. The van der Waals surface area contributed by atoms with Crippen LogP contribution < -0.4 is 21.9 Å². The second-order valence-corrected chi connectivity index (χ2v) is 6.97. The highest BCUT2D eigenvalue weighted by atomic mass is 19.1. The van der Waals surface area contributed by atoms with Crippen LogP contribution in [0.15, 0.2) is 77.6 Å². The molecule has 0 fully saturated rings. The van der Waals surface area contributed by atoms with E-state index in [0.717, 1.165) is 16.1 Å². The van der Waals surface area contributed by atoms with Gasteiger partial charge in [0.1, 0.15) is 11.5 Å². The van der Waals surface area contributed by atoms with Crippen molar-refractivity contribution in [2.45, 2.75) is 6.54 Å². The van der Waals surface area contributed by atoms with E-state index in [1.165, 1.54) is 6.07 Å². The summed E-state index contributed by atoms with van der Waals surface area (Å²) in [6, 6.07) is 17.3. The van der Waals surface area contributed by atoms with E-state index in [9.17, 15) is 4.39 Å². The van der Waals surface area contributed by atoms with Crippen LogP contribution in [0.25, 0.3) is 22.8 Å². The number of hydrogen-bond acceptors (Lipinski definition) is 8. The Labute approximate surface area is 184 Å². The van der Waals surface area contributed by atoms with Crippen LogP contribution in [0.1, 0.15) is 17.0 Å². The molecule has 4 rings (SSSR count). The molecule has 2 heterocycles. The van der Waals surface area contributed by atoms with E-state index in [1.807, 2.05) is 31.3 Å². The van der Waals surface area contributed by atoms with Crippen molar-refractivity contribution in [3.63, 3.8) is 0 Å². The second kappa shape index (κ2) is 9.38. The number of nitrogens with zero attached hydrogens (tertiary/aromatic N) is 4. The van der Waals surface area contributed by atoms with Gasteiger partial charge in [0.2, 0.25) is 5.82 Å². The number of rotatable bonds is 7. The Bertz CT molecular complexity index is 1240. The zero-order valence-corrected chi connectivity index (χ0v) is 17.4. The summed E-state index contributed by atoms with van der Waals surface area (Å²) >= 11 is 0. The SMILES string of the molecule is CNCc1cccc(-c2noc(/C(N)=C(\c3ccncc3)N(N)c3ccccc3F)n2)c1. The quantitative estimate of drug-likeness (QED) is 0.302. The van der Waals surface area contributed by atoms with E-state index in [1.54, 1.807) is 42.7 Å². The van der Waals surface area contributed by atoms with Crippen molar-refractivity contribution >= 4 is 17.1 Å². The van der Waals surface area contributed by atoms with E-state index in [2.05, 4.69) is 20.4 Å². The normalized spacial score (nSPS) is 11.8. The fourth-order valence-electron chi connectivity index (χ4n) is 3.28. The predicted molar refractivity (Wildman–Crippen MR) is 121 cm³/mol. The molecule has 0 radical (unpaired) electrons. The van der Waals surface area contributed by atoms with Crippen LogP contribution in [-0.2, 0) is 6.54 Å². The summed E-state index contributed by atoms with van der Waals surface area (Å²) in [6.07, 6.45) is 3.18. The number of hydrogen-bond donors (Lipinski definition) is 3. The molecule has 8 nitrogen and oxygen atoms in total. The van der Waals surface area contributed by atoms with Crippen molar-refractivity contribution in [3.8, 4) is 11.4 Å². The molecule has 162 valence electrons. The molecule has 0 amide bonds. The number of aromatic nitrogens is 3. The van der Waals surface area contributed by atoms with Crippen LogP contribution >= 0.6 is 0 Å². The maximum atomic E-state index is 14.5. The summed E-state index contributed by atoms with van der Waals surface area (Å²) < 4.78 is 19.9. The molecule has 2 aromatic heterocycles. The minimum absolute atomic E-state index is 0.0672. The number of pyridine rings is 1. The van der Waals surface area contributed by atoms with Crippen molar-refractivity contribution < 1.29 is 8.91 Å². The van der Waals surface area contributed by atoms with Gasteiger partial charge in [-0.05, 0) is 42.9 Å². The number of nitrogens with two attached hydrogens (primary N) is 2. The van der Waals surface area contributed by atoms with Gasteiger partial charge in [-0.2, -0.15) is 4.98 Å². The molecule has 32 heavy (non-hydrogen) atoms. The first-order chi connectivity index (χ1) is 15.6. The average molecular weight is 431 g/mol. The van der Waals surface area contributed by atoms with Gasteiger partial charge in [0, 0.05) is 30.1 Å². The van der Waals surface area contributed by atoms with Crippen LogP contribution in [0.3, 0.4) is 0 Å². The first-order valence-corrected chi connectivity index (χ1v) is 9.86. The Kier molecular flexibility index (Phi) is 6.20. The van der Waals surface area contributed by atoms with Crippen molar-refractivity contribution in [3.05, 3.63) is 95.9 Å². The van der Waals surface area contributed by atoms with Gasteiger partial charge in [-0.25, -0.2) is 10.2 Å². The van der Waals surface area contributed by atoms with E-state index in [0.29, 0.717) is 23.6 Å². The molecule has 0 saturated carbocycles. The van der Waals surface area contributed by atoms with Crippen LogP contribution in [-0.4, -0.2) is 22.2 Å². The maximum Gasteiger partial charge on any atom is 0.276 e. The van der Waals surface area contributed by atoms with Gasteiger partial charge in [0.25, 0.3) is 5.89 Å². The number of hydrazine groups is 1. The smallest absolute Gasteiger partial charge is 0.276 e. The Balaban J connectivity index is 1.79. The Hall–Kier alpha value is -4.08. The molecular weight excluding hydrogens is 409 g/mol. The highest BCUT2D eigenvalue weighted by Gasteiger charge is 2.22. The van der Waals surface area contributed by atoms with Crippen molar-refractivity contribution in [1.29, 1.82) is 0 Å². The van der Waals surface area contributed by atoms with E-state index in [4.69, 9.17) is 16.1 Å². The standard InChI is InChI=1S/C23H22FN7O/c1-27-14-15-5-4-6-17(13-15)22-29-23(32-30-22)20(25)21(16-9-11-28-12-10-16)31(26)19-8-3-2-7-18(19)24/h2-13,27H,14,25-26H2,1H3/b21-20-. The summed E-state index contributed by atoms with van der Waals surface area (Å²) in [5.41, 5.74) is 9.45. The molecule has 2 aromatic carbocycles. The van der Waals surface area contributed by atoms with E-state index >= 15 is 0 Å². The lowest BCUT2D eigenvalue weighted by Crippen LogP contribution is -2.32. The van der Waals surface area contributed by atoms with Crippen LogP contribution in [0.5, 0.6) is 0 Å². The Morgan fingerprint density at radius 2 is 1.88 bits per heavy atom. The third-order valence-electron chi connectivity index (χ3n) is 4.78. The summed E-state index contributed by atoms with van der Waals surface area (Å²) in [7, 11) is 1.87. The summed E-state index contributed by atoms with van der Waals surface area (Å²) in [6.45, 7) is 0.706. The molecule has 4 aromatic rings. The molecule has 0 aliphatic carbocycles. The number of halogens is 1. The van der Waals surface area contributed by atoms with Gasteiger partial charge in [-0.3, -0.25) is 9.99 Å². The lowest BCUT2D eigenvalue weighted by Gasteiger charge is -2.23. The van der Waals surface area contributed by atoms with Gasteiger partial charge in [0.05, 0.1) is 11.4 Å². The first-order valence-electron chi connectivity index (χ1n) is 9.86.